The van der Waals surface area contributed by atoms with Crippen molar-refractivity contribution >= 4 is 40.3 Å². The van der Waals surface area contributed by atoms with Crippen LogP contribution in [0.3, 0.4) is 0 Å². The highest BCUT2D eigenvalue weighted by atomic mass is 32.2. The smallest absolute Gasteiger partial charge is 0.265 e. The van der Waals surface area contributed by atoms with E-state index in [2.05, 4.69) is 0 Å². The van der Waals surface area contributed by atoms with Crippen LogP contribution in [0, 0.1) is 0 Å². The van der Waals surface area contributed by atoms with Gasteiger partial charge in [-0.3, -0.25) is 9.69 Å². The second kappa shape index (κ2) is 6.98. The van der Waals surface area contributed by atoms with E-state index < -0.39 is 0 Å². The fourth-order valence-corrected chi connectivity index (χ4v) is 3.28. The van der Waals surface area contributed by atoms with E-state index in [0.717, 1.165) is 16.9 Å². The van der Waals surface area contributed by atoms with Gasteiger partial charge >= 0.3 is 0 Å². The van der Waals surface area contributed by atoms with Gasteiger partial charge in [0.15, 0.2) is 0 Å². The first-order valence-corrected chi connectivity index (χ1v) is 8.34. The minimum Gasteiger partial charge on any atom is -0.489 e. The van der Waals surface area contributed by atoms with Crippen LogP contribution in [0.4, 0.5) is 0 Å². The normalized spacial score (nSPS) is 16.2. The number of nitrogens with zero attached hydrogens (tertiary/aromatic N) is 1. The first-order chi connectivity index (χ1) is 11.1. The molecule has 1 amide bonds. The maximum Gasteiger partial charge on any atom is 0.265 e. The van der Waals surface area contributed by atoms with E-state index in [1.165, 1.54) is 16.7 Å². The summed E-state index contributed by atoms with van der Waals surface area (Å²) in [6.45, 7) is 0.536. The monoisotopic (exact) mass is 341 g/mol. The number of thioether (sulfide) groups is 1. The van der Waals surface area contributed by atoms with Gasteiger partial charge in [0.1, 0.15) is 16.7 Å². The van der Waals surface area contributed by atoms with Gasteiger partial charge in [-0.15, -0.1) is 0 Å². The summed E-state index contributed by atoms with van der Waals surface area (Å²) in [7, 11) is 1.69. The number of rotatable bonds is 4. The molecule has 0 spiro atoms. The van der Waals surface area contributed by atoms with E-state index in [1.54, 1.807) is 7.05 Å². The molecule has 0 aromatic heterocycles. The van der Waals surface area contributed by atoms with E-state index >= 15 is 0 Å². The van der Waals surface area contributed by atoms with E-state index in [-0.39, 0.29) is 5.91 Å². The lowest BCUT2D eigenvalue weighted by molar-refractivity contribution is -0.121. The Hall–Kier alpha value is -2.11. The zero-order valence-corrected chi connectivity index (χ0v) is 14.2. The quantitative estimate of drug-likeness (QED) is 0.619. The van der Waals surface area contributed by atoms with E-state index in [4.69, 9.17) is 17.0 Å². The largest absolute Gasteiger partial charge is 0.489 e. The van der Waals surface area contributed by atoms with Crippen molar-refractivity contribution in [3.05, 3.63) is 70.6 Å². The summed E-state index contributed by atoms with van der Waals surface area (Å²) in [5.74, 6) is 0.749. The van der Waals surface area contributed by atoms with Crippen LogP contribution >= 0.6 is 24.0 Å². The van der Waals surface area contributed by atoms with E-state index in [9.17, 15) is 4.79 Å². The summed E-state index contributed by atoms with van der Waals surface area (Å²) in [5.41, 5.74) is 2.08. The zero-order chi connectivity index (χ0) is 16.2. The van der Waals surface area contributed by atoms with Crippen molar-refractivity contribution in [2.75, 3.05) is 7.05 Å². The lowest BCUT2D eigenvalue weighted by Gasteiger charge is -2.06. The molecule has 1 saturated heterocycles. The predicted octanol–water partition coefficient (Wildman–Crippen LogP) is 4.10. The third-order valence-corrected chi connectivity index (χ3v) is 4.90. The molecule has 1 fully saturated rings. The van der Waals surface area contributed by atoms with Gasteiger partial charge in [0.05, 0.1) is 4.91 Å². The van der Waals surface area contributed by atoms with Gasteiger partial charge in [-0.1, -0.05) is 66.4 Å². The molecule has 1 aliphatic rings. The van der Waals surface area contributed by atoms with E-state index in [1.807, 2.05) is 60.7 Å². The van der Waals surface area contributed by atoms with Gasteiger partial charge in [-0.2, -0.15) is 0 Å². The maximum atomic E-state index is 12.0. The molecule has 0 atom stereocenters. The number of hydrogen-bond acceptors (Lipinski definition) is 4. The van der Waals surface area contributed by atoms with Gasteiger partial charge in [0.2, 0.25) is 0 Å². The first kappa shape index (κ1) is 15.8. The summed E-state index contributed by atoms with van der Waals surface area (Å²) in [5, 5.41) is 0. The molecule has 5 heteroatoms. The Morgan fingerprint density at radius 3 is 2.43 bits per heavy atom. The minimum atomic E-state index is -0.0515. The van der Waals surface area contributed by atoms with Crippen molar-refractivity contribution in [2.45, 2.75) is 6.61 Å². The lowest BCUT2D eigenvalue weighted by Crippen LogP contribution is -2.22. The van der Waals surface area contributed by atoms with Gasteiger partial charge in [-0.05, 0) is 29.3 Å². The molecule has 0 N–H and O–H groups in total. The average molecular weight is 341 g/mol. The molecule has 116 valence electrons. The molecule has 0 saturated carbocycles. The standard InChI is InChI=1S/C18H15NO2S2/c1-19-17(20)16(23-18(19)22)11-13-7-9-15(10-8-13)21-12-14-5-3-2-4-6-14/h2-11H,12H2,1H3/b16-11-. The molecule has 0 bridgehead atoms. The molecule has 1 heterocycles. The zero-order valence-electron chi connectivity index (χ0n) is 12.6. The highest BCUT2D eigenvalue weighted by Gasteiger charge is 2.28. The molecule has 23 heavy (non-hydrogen) atoms. The van der Waals surface area contributed by atoms with Crippen molar-refractivity contribution in [3.63, 3.8) is 0 Å². The molecule has 0 aliphatic carbocycles. The topological polar surface area (TPSA) is 29.5 Å². The predicted molar refractivity (Wildman–Crippen MR) is 98.2 cm³/mol. The fourth-order valence-electron chi connectivity index (χ4n) is 2.10. The molecule has 1 aliphatic heterocycles. The SMILES string of the molecule is CN1C(=O)/C(=C/c2ccc(OCc3ccccc3)cc2)SC1=S. The van der Waals surface area contributed by atoms with Gasteiger partial charge in [-0.25, -0.2) is 0 Å². The Bertz CT molecular complexity index is 754. The van der Waals surface area contributed by atoms with Crippen LogP contribution in [0.25, 0.3) is 6.08 Å². The van der Waals surface area contributed by atoms with Crippen molar-refractivity contribution in [1.29, 1.82) is 0 Å². The average Bonchev–Trinajstić information content (AvgIpc) is 2.82. The highest BCUT2D eigenvalue weighted by molar-refractivity contribution is 8.26. The second-order valence-electron chi connectivity index (χ2n) is 5.08. The Balaban J connectivity index is 1.66. The summed E-state index contributed by atoms with van der Waals surface area (Å²) in [6.07, 6.45) is 1.85. The molecular weight excluding hydrogens is 326 g/mol. The van der Waals surface area contributed by atoms with Crippen LogP contribution in [-0.4, -0.2) is 22.2 Å². The highest BCUT2D eigenvalue weighted by Crippen LogP contribution is 2.31. The molecule has 0 unspecified atom stereocenters. The number of likely N-dealkylation sites (N-methyl/N-ethyl adjacent to an activating group) is 1. The summed E-state index contributed by atoms with van der Waals surface area (Å²) in [4.78, 5) is 14.1. The van der Waals surface area contributed by atoms with Crippen molar-refractivity contribution in [1.82, 2.24) is 4.90 Å². The van der Waals surface area contributed by atoms with Crippen molar-refractivity contribution in [3.8, 4) is 5.75 Å². The summed E-state index contributed by atoms with van der Waals surface area (Å²) < 4.78 is 6.34. The van der Waals surface area contributed by atoms with Crippen LogP contribution in [-0.2, 0) is 11.4 Å². The number of thiocarbonyl (C=S) groups is 1. The van der Waals surface area contributed by atoms with Gasteiger partial charge < -0.3 is 4.74 Å². The second-order valence-corrected chi connectivity index (χ2v) is 6.76. The molecule has 2 aromatic carbocycles. The number of carbonyl (C=O) groups excluding carboxylic acids is 1. The molecule has 3 rings (SSSR count). The molecule has 0 radical (unpaired) electrons. The van der Waals surface area contributed by atoms with Crippen molar-refractivity contribution < 1.29 is 9.53 Å². The van der Waals surface area contributed by atoms with Crippen LogP contribution in [0.15, 0.2) is 59.5 Å². The molecule has 2 aromatic rings. The number of hydrogen-bond donors (Lipinski definition) is 0. The van der Waals surface area contributed by atoms with Crippen LogP contribution in [0.5, 0.6) is 5.75 Å². The number of amides is 1. The Kier molecular flexibility index (Phi) is 4.79. The van der Waals surface area contributed by atoms with Crippen LogP contribution < -0.4 is 4.74 Å². The summed E-state index contributed by atoms with van der Waals surface area (Å²) >= 11 is 6.45. The van der Waals surface area contributed by atoms with Gasteiger partial charge in [0, 0.05) is 7.05 Å². The minimum absolute atomic E-state index is 0.0515. The lowest BCUT2D eigenvalue weighted by atomic mass is 10.2. The number of ether oxygens (including phenoxy) is 1. The molecule has 3 nitrogen and oxygen atoms in total. The Labute approximate surface area is 144 Å². The maximum absolute atomic E-state index is 12.0. The Morgan fingerprint density at radius 2 is 1.83 bits per heavy atom. The molecular formula is C18H15NO2S2. The van der Waals surface area contributed by atoms with Crippen molar-refractivity contribution in [2.24, 2.45) is 0 Å². The van der Waals surface area contributed by atoms with Gasteiger partial charge in [0.25, 0.3) is 5.91 Å². The number of benzene rings is 2. The van der Waals surface area contributed by atoms with Crippen LogP contribution in [0.1, 0.15) is 11.1 Å². The Morgan fingerprint density at radius 1 is 1.13 bits per heavy atom. The fraction of sp³-hybridized carbons (Fsp3) is 0.111. The first-order valence-electron chi connectivity index (χ1n) is 7.12. The third kappa shape index (κ3) is 3.81. The third-order valence-electron chi connectivity index (χ3n) is 3.41. The van der Waals surface area contributed by atoms with E-state index in [0.29, 0.717) is 15.8 Å². The number of carbonyl (C=O) groups is 1. The summed E-state index contributed by atoms with van der Waals surface area (Å²) in [6, 6.07) is 17.7. The van der Waals surface area contributed by atoms with Crippen LogP contribution in [0.2, 0.25) is 0 Å².